The molecular weight excluding hydrogens is 345 g/mol. The topological polar surface area (TPSA) is 59.1 Å². The van der Waals surface area contributed by atoms with E-state index in [-0.39, 0.29) is 16.0 Å². The van der Waals surface area contributed by atoms with Crippen molar-refractivity contribution in [3.63, 3.8) is 0 Å². The molecule has 4 nitrogen and oxygen atoms in total. The van der Waals surface area contributed by atoms with Crippen LogP contribution in [0.5, 0.6) is 0 Å². The third-order valence-electron chi connectivity index (χ3n) is 2.56. The molecule has 0 fully saturated rings. The Morgan fingerprint density at radius 1 is 1.19 bits per heavy atom. The van der Waals surface area contributed by atoms with Crippen molar-refractivity contribution < 1.29 is 17.2 Å². The van der Waals surface area contributed by atoms with Crippen molar-refractivity contribution in [1.82, 2.24) is 4.98 Å². The normalized spacial score (nSPS) is 11.5. The van der Waals surface area contributed by atoms with Gasteiger partial charge in [0.15, 0.2) is 5.15 Å². The largest absolute Gasteiger partial charge is 0.276 e. The molecule has 1 N–H and O–H groups in total. The molecule has 1 aromatic carbocycles. The third-order valence-corrected chi connectivity index (χ3v) is 4.41. The van der Waals surface area contributed by atoms with Gasteiger partial charge in [0.25, 0.3) is 10.0 Å². The maximum Gasteiger partial charge on any atom is 0.264 e. The number of pyridine rings is 1. The zero-order valence-electron chi connectivity index (χ0n) is 10.5. The summed E-state index contributed by atoms with van der Waals surface area (Å²) in [6.45, 7) is 1.55. The fourth-order valence-corrected chi connectivity index (χ4v) is 3.43. The molecule has 0 spiro atoms. The van der Waals surface area contributed by atoms with Crippen LogP contribution in [0.15, 0.2) is 29.2 Å². The molecule has 0 atom stereocenters. The van der Waals surface area contributed by atoms with Crippen molar-refractivity contribution in [2.24, 2.45) is 0 Å². The van der Waals surface area contributed by atoms with Crippen LogP contribution in [0.4, 0.5) is 14.5 Å². The zero-order valence-corrected chi connectivity index (χ0v) is 12.8. The summed E-state index contributed by atoms with van der Waals surface area (Å²) in [5.74, 6) is -2.09. The van der Waals surface area contributed by atoms with Crippen LogP contribution in [0, 0.1) is 18.6 Å². The average molecular weight is 353 g/mol. The van der Waals surface area contributed by atoms with Crippen molar-refractivity contribution >= 4 is 38.9 Å². The van der Waals surface area contributed by atoms with Gasteiger partial charge in [-0.15, -0.1) is 0 Å². The third kappa shape index (κ3) is 3.42. The van der Waals surface area contributed by atoms with E-state index in [1.807, 2.05) is 0 Å². The molecule has 0 aliphatic carbocycles. The van der Waals surface area contributed by atoms with Crippen LogP contribution in [0.25, 0.3) is 0 Å². The minimum absolute atomic E-state index is 0.0233. The number of anilines is 1. The molecule has 0 radical (unpaired) electrons. The Kier molecular flexibility index (Phi) is 4.36. The first-order valence-electron chi connectivity index (χ1n) is 5.51. The molecule has 2 aromatic rings. The van der Waals surface area contributed by atoms with Crippen LogP contribution < -0.4 is 4.72 Å². The minimum atomic E-state index is -4.28. The first-order valence-corrected chi connectivity index (χ1v) is 7.75. The Balaban J connectivity index is 2.47. The molecule has 9 heteroatoms. The summed E-state index contributed by atoms with van der Waals surface area (Å²) in [7, 11) is -4.28. The van der Waals surface area contributed by atoms with Crippen molar-refractivity contribution in [2.45, 2.75) is 11.8 Å². The quantitative estimate of drug-likeness (QED) is 0.855. The number of hydrogen-bond acceptors (Lipinski definition) is 3. The monoisotopic (exact) mass is 352 g/mol. The van der Waals surface area contributed by atoms with E-state index in [4.69, 9.17) is 23.2 Å². The predicted octanol–water partition coefficient (Wildman–Crippen LogP) is 3.78. The van der Waals surface area contributed by atoms with Gasteiger partial charge >= 0.3 is 0 Å². The first-order chi connectivity index (χ1) is 9.70. The summed E-state index contributed by atoms with van der Waals surface area (Å²) >= 11 is 11.5. The molecule has 0 aliphatic rings. The van der Waals surface area contributed by atoms with Gasteiger partial charge in [-0.2, -0.15) is 0 Å². The smallest absolute Gasteiger partial charge is 0.264 e. The maximum absolute atomic E-state index is 13.6. The highest BCUT2D eigenvalue weighted by molar-refractivity contribution is 7.92. The molecule has 1 heterocycles. The molecule has 2 rings (SSSR count). The van der Waals surface area contributed by atoms with Gasteiger partial charge in [0.2, 0.25) is 0 Å². The van der Waals surface area contributed by atoms with Crippen LogP contribution in [0.1, 0.15) is 5.56 Å². The summed E-state index contributed by atoms with van der Waals surface area (Å²) in [4.78, 5) is 3.00. The number of nitrogens with zero attached hydrogens (tertiary/aromatic N) is 1. The van der Waals surface area contributed by atoms with Crippen LogP contribution in [0.3, 0.4) is 0 Å². The lowest BCUT2D eigenvalue weighted by Crippen LogP contribution is -2.16. The van der Waals surface area contributed by atoms with Crippen LogP contribution in [-0.4, -0.2) is 13.4 Å². The molecule has 0 aliphatic heterocycles. The Labute approximate surface area is 129 Å². The minimum Gasteiger partial charge on any atom is -0.276 e. The number of nitrogens with one attached hydrogen (secondary N) is 1. The number of aromatic nitrogens is 1. The van der Waals surface area contributed by atoms with Crippen molar-refractivity contribution in [2.75, 3.05) is 4.72 Å². The summed E-state index contributed by atoms with van der Waals surface area (Å²) < 4.78 is 52.8. The Bertz CT molecular complexity index is 790. The van der Waals surface area contributed by atoms with Gasteiger partial charge in [-0.1, -0.05) is 23.2 Å². The highest BCUT2D eigenvalue weighted by Gasteiger charge is 2.22. The van der Waals surface area contributed by atoms with Crippen LogP contribution in [-0.2, 0) is 10.0 Å². The van der Waals surface area contributed by atoms with E-state index in [0.29, 0.717) is 11.6 Å². The number of benzene rings is 1. The summed E-state index contributed by atoms with van der Waals surface area (Å²) in [5.41, 5.74) is 0.385. The number of rotatable bonds is 3. The number of hydrogen-bond donors (Lipinski definition) is 1. The average Bonchev–Trinajstić information content (AvgIpc) is 2.33. The Morgan fingerprint density at radius 2 is 1.86 bits per heavy atom. The highest BCUT2D eigenvalue weighted by atomic mass is 35.5. The fraction of sp³-hybridized carbons (Fsp3) is 0.0833. The number of aryl methyl sites for hydroxylation is 1. The molecule has 0 amide bonds. The summed E-state index contributed by atoms with van der Waals surface area (Å²) in [6, 6.07) is 3.53. The standard InChI is InChI=1S/C12H8Cl2F2N2O2S/c1-6-4-10(13)17-12(14)11(6)18-21(19,20)9-3-2-7(15)5-8(9)16/h2-5,18H,1H3. The van der Waals surface area contributed by atoms with Gasteiger partial charge in [-0.3, -0.25) is 4.72 Å². The van der Waals surface area contributed by atoms with E-state index < -0.39 is 26.6 Å². The van der Waals surface area contributed by atoms with Gasteiger partial charge in [-0.25, -0.2) is 22.2 Å². The van der Waals surface area contributed by atoms with Gasteiger partial charge in [0.05, 0.1) is 5.69 Å². The first kappa shape index (κ1) is 15.9. The lowest BCUT2D eigenvalue weighted by molar-refractivity contribution is 0.551. The number of halogens is 4. The zero-order chi connectivity index (χ0) is 15.8. The van der Waals surface area contributed by atoms with Gasteiger partial charge in [0.1, 0.15) is 21.7 Å². The van der Waals surface area contributed by atoms with Crippen molar-refractivity contribution in [1.29, 1.82) is 0 Å². The molecule has 1 aromatic heterocycles. The van der Waals surface area contributed by atoms with E-state index in [2.05, 4.69) is 9.71 Å². The molecule has 21 heavy (non-hydrogen) atoms. The van der Waals surface area contributed by atoms with Crippen molar-refractivity contribution in [3.05, 3.63) is 51.8 Å². The molecule has 112 valence electrons. The maximum atomic E-state index is 13.6. The second-order valence-electron chi connectivity index (χ2n) is 4.11. The predicted molar refractivity (Wildman–Crippen MR) is 76.2 cm³/mol. The second kappa shape index (κ2) is 5.75. The lowest BCUT2D eigenvalue weighted by atomic mass is 10.3. The van der Waals surface area contributed by atoms with Gasteiger partial charge in [0, 0.05) is 6.07 Å². The van der Waals surface area contributed by atoms with E-state index in [0.717, 1.165) is 12.1 Å². The summed E-state index contributed by atoms with van der Waals surface area (Å²) in [6.07, 6.45) is 0. The summed E-state index contributed by atoms with van der Waals surface area (Å²) in [5, 5.41) is -0.0838. The lowest BCUT2D eigenvalue weighted by Gasteiger charge is -2.12. The van der Waals surface area contributed by atoms with E-state index >= 15 is 0 Å². The highest BCUT2D eigenvalue weighted by Crippen LogP contribution is 2.29. The van der Waals surface area contributed by atoms with Gasteiger partial charge < -0.3 is 0 Å². The van der Waals surface area contributed by atoms with E-state index in [9.17, 15) is 17.2 Å². The van der Waals surface area contributed by atoms with Crippen molar-refractivity contribution in [3.8, 4) is 0 Å². The molecule has 0 saturated carbocycles. The molecular formula is C12H8Cl2F2N2O2S. The number of sulfonamides is 1. The van der Waals surface area contributed by atoms with Crippen LogP contribution >= 0.6 is 23.2 Å². The molecule has 0 unspecified atom stereocenters. The Morgan fingerprint density at radius 3 is 2.43 bits per heavy atom. The van der Waals surface area contributed by atoms with Crippen LogP contribution in [0.2, 0.25) is 10.3 Å². The Hall–Kier alpha value is -1.44. The fourth-order valence-electron chi connectivity index (χ4n) is 1.60. The molecule has 0 saturated heterocycles. The molecule has 0 bridgehead atoms. The van der Waals surface area contributed by atoms with E-state index in [1.165, 1.54) is 6.07 Å². The SMILES string of the molecule is Cc1cc(Cl)nc(Cl)c1NS(=O)(=O)c1ccc(F)cc1F. The van der Waals surface area contributed by atoms with Gasteiger partial charge in [-0.05, 0) is 30.7 Å². The van der Waals surface area contributed by atoms with E-state index in [1.54, 1.807) is 6.92 Å². The second-order valence-corrected chi connectivity index (χ2v) is 6.50.